The summed E-state index contributed by atoms with van der Waals surface area (Å²) in [5, 5.41) is 0. The van der Waals surface area contributed by atoms with Crippen LogP contribution in [0, 0.1) is 5.92 Å². The van der Waals surface area contributed by atoms with Gasteiger partial charge in [-0.2, -0.15) is 0 Å². The molecule has 0 amide bonds. The number of halogens is 1. The molecular formula is C13H18BrNO. The van der Waals surface area contributed by atoms with Gasteiger partial charge in [0.1, 0.15) is 0 Å². The molecule has 0 radical (unpaired) electrons. The van der Waals surface area contributed by atoms with Crippen molar-refractivity contribution in [2.75, 3.05) is 12.3 Å². The van der Waals surface area contributed by atoms with Gasteiger partial charge in [0.05, 0.1) is 6.61 Å². The number of ether oxygens (including phenoxy) is 1. The zero-order valence-electron chi connectivity index (χ0n) is 9.42. The molecule has 2 nitrogen and oxygen atoms in total. The Morgan fingerprint density at radius 3 is 2.75 bits per heavy atom. The monoisotopic (exact) mass is 283 g/mol. The first-order valence-corrected chi connectivity index (χ1v) is 6.66. The molecule has 0 unspecified atom stereocenters. The third-order valence-electron chi connectivity index (χ3n) is 3.14. The smallest absolute Gasteiger partial charge is 0.0718 e. The number of hydrogen-bond donors (Lipinski definition) is 1. The van der Waals surface area contributed by atoms with Gasteiger partial charge in [0.15, 0.2) is 0 Å². The molecule has 0 aromatic heterocycles. The van der Waals surface area contributed by atoms with Gasteiger partial charge in [0.25, 0.3) is 0 Å². The first-order valence-electron chi connectivity index (χ1n) is 5.87. The van der Waals surface area contributed by atoms with Gasteiger partial charge in [0, 0.05) is 16.8 Å². The van der Waals surface area contributed by atoms with Gasteiger partial charge in [-0.15, -0.1) is 0 Å². The lowest BCUT2D eigenvalue weighted by atomic mass is 9.83. The number of nitrogens with two attached hydrogens (primary N) is 1. The average Bonchev–Trinajstić information content (AvgIpc) is 2.13. The van der Waals surface area contributed by atoms with Crippen LogP contribution in [0.1, 0.15) is 31.2 Å². The van der Waals surface area contributed by atoms with Crippen LogP contribution < -0.4 is 5.73 Å². The summed E-state index contributed by atoms with van der Waals surface area (Å²) >= 11 is 3.43. The average molecular weight is 284 g/mol. The Balaban J connectivity index is 1.71. The molecule has 0 bridgehead atoms. The van der Waals surface area contributed by atoms with E-state index in [9.17, 15) is 0 Å². The zero-order chi connectivity index (χ0) is 11.4. The van der Waals surface area contributed by atoms with Crippen LogP contribution in [0.2, 0.25) is 0 Å². The number of hydrogen-bond acceptors (Lipinski definition) is 2. The van der Waals surface area contributed by atoms with Crippen LogP contribution in [0.4, 0.5) is 5.69 Å². The highest BCUT2D eigenvalue weighted by molar-refractivity contribution is 9.10. The maximum Gasteiger partial charge on any atom is 0.0718 e. The minimum atomic E-state index is 0.663. The van der Waals surface area contributed by atoms with E-state index in [0.717, 1.165) is 28.2 Å². The van der Waals surface area contributed by atoms with Crippen molar-refractivity contribution < 1.29 is 4.74 Å². The van der Waals surface area contributed by atoms with Crippen molar-refractivity contribution >= 4 is 21.6 Å². The SMILES string of the molecule is Nc1cc(Br)cc(COCCC2CCC2)c1. The quantitative estimate of drug-likeness (QED) is 0.660. The molecule has 2 N–H and O–H groups in total. The van der Waals surface area contributed by atoms with Gasteiger partial charge in [-0.05, 0) is 36.1 Å². The third kappa shape index (κ3) is 3.49. The van der Waals surface area contributed by atoms with Crippen LogP contribution in [0.25, 0.3) is 0 Å². The number of benzene rings is 1. The molecule has 0 saturated heterocycles. The van der Waals surface area contributed by atoms with E-state index in [2.05, 4.69) is 22.0 Å². The van der Waals surface area contributed by atoms with Gasteiger partial charge in [-0.1, -0.05) is 35.2 Å². The van der Waals surface area contributed by atoms with Crippen LogP contribution in [0.3, 0.4) is 0 Å². The van der Waals surface area contributed by atoms with Crippen LogP contribution in [0.5, 0.6) is 0 Å². The van der Waals surface area contributed by atoms with E-state index in [0.29, 0.717) is 6.61 Å². The molecule has 2 rings (SSSR count). The molecule has 1 aromatic rings. The molecule has 0 aliphatic heterocycles. The Kier molecular flexibility index (Phi) is 4.24. The van der Waals surface area contributed by atoms with Crippen LogP contribution >= 0.6 is 15.9 Å². The fraction of sp³-hybridized carbons (Fsp3) is 0.538. The lowest BCUT2D eigenvalue weighted by molar-refractivity contribution is 0.0950. The second-order valence-electron chi connectivity index (χ2n) is 4.53. The molecule has 0 spiro atoms. The molecule has 1 fully saturated rings. The van der Waals surface area contributed by atoms with Crippen molar-refractivity contribution in [3.8, 4) is 0 Å². The first kappa shape index (κ1) is 11.9. The van der Waals surface area contributed by atoms with Crippen molar-refractivity contribution in [3.05, 3.63) is 28.2 Å². The van der Waals surface area contributed by atoms with E-state index in [1.807, 2.05) is 12.1 Å². The standard InChI is InChI=1S/C13H18BrNO/c14-12-6-11(7-13(15)8-12)9-16-5-4-10-2-1-3-10/h6-8,10H,1-5,9,15H2. The minimum absolute atomic E-state index is 0.663. The Bertz CT molecular complexity index is 330. The highest BCUT2D eigenvalue weighted by Gasteiger charge is 2.16. The summed E-state index contributed by atoms with van der Waals surface area (Å²) in [6.45, 7) is 1.54. The highest BCUT2D eigenvalue weighted by Crippen LogP contribution is 2.29. The van der Waals surface area contributed by atoms with Crippen molar-refractivity contribution in [2.24, 2.45) is 5.92 Å². The summed E-state index contributed by atoms with van der Waals surface area (Å²) in [5.74, 6) is 0.924. The molecule has 88 valence electrons. The zero-order valence-corrected chi connectivity index (χ0v) is 11.0. The van der Waals surface area contributed by atoms with Gasteiger partial charge in [-0.3, -0.25) is 0 Å². The summed E-state index contributed by atoms with van der Waals surface area (Å²) < 4.78 is 6.68. The van der Waals surface area contributed by atoms with E-state index >= 15 is 0 Å². The highest BCUT2D eigenvalue weighted by atomic mass is 79.9. The first-order chi connectivity index (χ1) is 7.74. The van der Waals surface area contributed by atoms with Gasteiger partial charge >= 0.3 is 0 Å². The lowest BCUT2D eigenvalue weighted by Crippen LogP contribution is -2.13. The van der Waals surface area contributed by atoms with Gasteiger partial charge < -0.3 is 10.5 Å². The second-order valence-corrected chi connectivity index (χ2v) is 5.45. The van der Waals surface area contributed by atoms with Crippen molar-refractivity contribution in [1.82, 2.24) is 0 Å². The normalized spacial score (nSPS) is 16.1. The molecule has 1 aliphatic rings. The van der Waals surface area contributed by atoms with Gasteiger partial charge in [0.2, 0.25) is 0 Å². The maximum absolute atomic E-state index is 5.76. The Labute approximate surface area is 105 Å². The van der Waals surface area contributed by atoms with E-state index in [-0.39, 0.29) is 0 Å². The largest absolute Gasteiger partial charge is 0.399 e. The van der Waals surface area contributed by atoms with E-state index in [1.54, 1.807) is 0 Å². The fourth-order valence-corrected chi connectivity index (χ4v) is 2.54. The van der Waals surface area contributed by atoms with Crippen LogP contribution in [-0.4, -0.2) is 6.61 Å². The van der Waals surface area contributed by atoms with Gasteiger partial charge in [-0.25, -0.2) is 0 Å². The molecular weight excluding hydrogens is 266 g/mol. The summed E-state index contributed by atoms with van der Waals surface area (Å²) in [4.78, 5) is 0. The Morgan fingerprint density at radius 2 is 2.12 bits per heavy atom. The lowest BCUT2D eigenvalue weighted by Gasteiger charge is -2.24. The molecule has 0 heterocycles. The fourth-order valence-electron chi connectivity index (χ4n) is 1.98. The Hall–Kier alpha value is -0.540. The van der Waals surface area contributed by atoms with Crippen LogP contribution in [-0.2, 0) is 11.3 Å². The predicted octanol–water partition coefficient (Wildman–Crippen LogP) is 3.74. The van der Waals surface area contributed by atoms with Crippen molar-refractivity contribution in [2.45, 2.75) is 32.3 Å². The summed E-state index contributed by atoms with van der Waals surface area (Å²) in [5.41, 5.74) is 7.68. The molecule has 1 saturated carbocycles. The second kappa shape index (κ2) is 5.69. The number of nitrogen functional groups attached to an aromatic ring is 1. The van der Waals surface area contributed by atoms with E-state index < -0.39 is 0 Å². The molecule has 3 heteroatoms. The molecule has 16 heavy (non-hydrogen) atoms. The topological polar surface area (TPSA) is 35.2 Å². The molecule has 0 atom stereocenters. The van der Waals surface area contributed by atoms with Crippen LogP contribution in [0.15, 0.2) is 22.7 Å². The molecule has 1 aliphatic carbocycles. The van der Waals surface area contributed by atoms with E-state index in [1.165, 1.54) is 25.7 Å². The predicted molar refractivity (Wildman–Crippen MR) is 70.2 cm³/mol. The summed E-state index contributed by atoms with van der Waals surface area (Å²) in [7, 11) is 0. The van der Waals surface area contributed by atoms with Crippen molar-refractivity contribution in [1.29, 1.82) is 0 Å². The maximum atomic E-state index is 5.76. The van der Waals surface area contributed by atoms with E-state index in [4.69, 9.17) is 10.5 Å². The number of anilines is 1. The summed E-state index contributed by atoms with van der Waals surface area (Å²) in [6.07, 6.45) is 5.41. The van der Waals surface area contributed by atoms with Crippen molar-refractivity contribution in [3.63, 3.8) is 0 Å². The number of rotatable bonds is 5. The Morgan fingerprint density at radius 1 is 1.31 bits per heavy atom. The molecule has 1 aromatic carbocycles. The summed E-state index contributed by atoms with van der Waals surface area (Å²) in [6, 6.07) is 5.92. The third-order valence-corrected chi connectivity index (χ3v) is 3.60. The minimum Gasteiger partial charge on any atom is -0.399 e.